The summed E-state index contributed by atoms with van der Waals surface area (Å²) in [6, 6.07) is 15.1. The summed E-state index contributed by atoms with van der Waals surface area (Å²) in [4.78, 5) is 26.2. The smallest absolute Gasteiger partial charge is 0.313 e. The number of carbonyl (C=O) groups is 2. The minimum absolute atomic E-state index is 0.306. The topological polar surface area (TPSA) is 49.4 Å². The molecule has 1 aliphatic heterocycles. The van der Waals surface area contributed by atoms with Crippen LogP contribution in [0.15, 0.2) is 48.5 Å². The van der Waals surface area contributed by atoms with E-state index in [9.17, 15) is 9.59 Å². The fraction of sp³-hybridized carbons (Fsp3) is 0.300. The molecule has 136 valence electrons. The summed E-state index contributed by atoms with van der Waals surface area (Å²) in [6.45, 7) is 1.19. The van der Waals surface area contributed by atoms with Gasteiger partial charge >= 0.3 is 11.8 Å². The van der Waals surface area contributed by atoms with E-state index in [0.29, 0.717) is 34.7 Å². The Labute approximate surface area is 163 Å². The predicted molar refractivity (Wildman–Crippen MR) is 105 cm³/mol. The second kappa shape index (κ2) is 8.56. The number of anilines is 1. The van der Waals surface area contributed by atoms with Crippen LogP contribution < -0.4 is 5.32 Å². The van der Waals surface area contributed by atoms with Crippen molar-refractivity contribution in [1.82, 2.24) is 4.90 Å². The van der Waals surface area contributed by atoms with Gasteiger partial charge in [0.25, 0.3) is 0 Å². The van der Waals surface area contributed by atoms with Gasteiger partial charge in [0.1, 0.15) is 0 Å². The average molecular weight is 391 g/mol. The minimum atomic E-state index is -0.671. The van der Waals surface area contributed by atoms with Crippen LogP contribution in [0.4, 0.5) is 5.69 Å². The molecule has 0 aliphatic carbocycles. The largest absolute Gasteiger partial charge is 0.334 e. The third-order valence-electron chi connectivity index (χ3n) is 4.64. The Kier molecular flexibility index (Phi) is 6.17. The Morgan fingerprint density at radius 3 is 2.38 bits per heavy atom. The molecule has 3 rings (SSSR count). The van der Waals surface area contributed by atoms with E-state index in [1.165, 1.54) is 11.6 Å². The first kappa shape index (κ1) is 18.7. The zero-order valence-electron chi connectivity index (χ0n) is 14.3. The zero-order chi connectivity index (χ0) is 18.5. The fourth-order valence-corrected chi connectivity index (χ4v) is 3.65. The molecular formula is C20H20Cl2N2O2. The monoisotopic (exact) mass is 390 g/mol. The standard InChI is InChI=1S/C20H20Cl2N2O2/c21-16-6-7-18(17(22)13-16)23-19(25)20(26)24-10-8-15(9-11-24)12-14-4-2-1-3-5-14/h1-7,13,15H,8-12H2,(H,23,25). The van der Waals surface area contributed by atoms with Crippen LogP contribution in [0.5, 0.6) is 0 Å². The first-order valence-corrected chi connectivity index (χ1v) is 9.38. The third kappa shape index (κ3) is 4.77. The van der Waals surface area contributed by atoms with Gasteiger partial charge in [-0.2, -0.15) is 0 Å². The molecule has 0 aromatic heterocycles. The highest BCUT2D eigenvalue weighted by Crippen LogP contribution is 2.26. The summed E-state index contributed by atoms with van der Waals surface area (Å²) < 4.78 is 0. The molecule has 4 nitrogen and oxygen atoms in total. The number of likely N-dealkylation sites (tertiary alicyclic amines) is 1. The first-order chi connectivity index (χ1) is 12.5. The summed E-state index contributed by atoms with van der Waals surface area (Å²) in [7, 11) is 0. The van der Waals surface area contributed by atoms with Crippen molar-refractivity contribution >= 4 is 40.7 Å². The van der Waals surface area contributed by atoms with E-state index in [-0.39, 0.29) is 0 Å². The van der Waals surface area contributed by atoms with Gasteiger partial charge in [-0.05, 0) is 48.9 Å². The summed E-state index contributed by atoms with van der Waals surface area (Å²) in [5, 5.41) is 3.34. The van der Waals surface area contributed by atoms with Crippen molar-refractivity contribution in [1.29, 1.82) is 0 Å². The molecule has 0 unspecified atom stereocenters. The molecule has 0 radical (unpaired) electrons. The second-order valence-corrected chi connectivity index (χ2v) is 7.35. The Balaban J connectivity index is 1.52. The van der Waals surface area contributed by atoms with Crippen molar-refractivity contribution < 1.29 is 9.59 Å². The van der Waals surface area contributed by atoms with Crippen molar-refractivity contribution in [2.24, 2.45) is 5.92 Å². The quantitative estimate of drug-likeness (QED) is 0.788. The van der Waals surface area contributed by atoms with E-state index in [1.807, 2.05) is 18.2 Å². The van der Waals surface area contributed by atoms with E-state index in [1.54, 1.807) is 17.0 Å². The van der Waals surface area contributed by atoms with Crippen LogP contribution in [0.1, 0.15) is 18.4 Å². The molecule has 0 atom stereocenters. The molecule has 0 spiro atoms. The number of hydrogen-bond acceptors (Lipinski definition) is 2. The molecule has 0 bridgehead atoms. The Bertz CT molecular complexity index is 788. The lowest BCUT2D eigenvalue weighted by Gasteiger charge is -2.31. The number of rotatable bonds is 3. The molecule has 2 aromatic carbocycles. The van der Waals surface area contributed by atoms with Crippen molar-refractivity contribution in [2.75, 3.05) is 18.4 Å². The molecular weight excluding hydrogens is 371 g/mol. The van der Waals surface area contributed by atoms with E-state index in [4.69, 9.17) is 23.2 Å². The summed E-state index contributed by atoms with van der Waals surface area (Å²) in [5.41, 5.74) is 1.70. The molecule has 0 saturated carbocycles. The molecule has 2 amide bonds. The Morgan fingerprint density at radius 2 is 1.73 bits per heavy atom. The molecule has 1 fully saturated rings. The van der Waals surface area contributed by atoms with Crippen LogP contribution in [-0.4, -0.2) is 29.8 Å². The van der Waals surface area contributed by atoms with Crippen LogP contribution in [0.3, 0.4) is 0 Å². The number of nitrogens with one attached hydrogen (secondary N) is 1. The second-order valence-electron chi connectivity index (χ2n) is 6.50. The molecule has 1 saturated heterocycles. The number of nitrogens with zero attached hydrogens (tertiary/aromatic N) is 1. The highest BCUT2D eigenvalue weighted by molar-refractivity contribution is 6.42. The van der Waals surface area contributed by atoms with E-state index >= 15 is 0 Å². The summed E-state index contributed by atoms with van der Waals surface area (Å²) in [5.74, 6) is -0.653. The third-order valence-corrected chi connectivity index (χ3v) is 5.19. The van der Waals surface area contributed by atoms with E-state index in [0.717, 1.165) is 19.3 Å². The van der Waals surface area contributed by atoms with Crippen LogP contribution in [0, 0.1) is 5.92 Å². The molecule has 26 heavy (non-hydrogen) atoms. The van der Waals surface area contributed by atoms with Gasteiger partial charge in [-0.1, -0.05) is 53.5 Å². The zero-order valence-corrected chi connectivity index (χ0v) is 15.8. The maximum Gasteiger partial charge on any atom is 0.313 e. The van der Waals surface area contributed by atoms with Gasteiger partial charge in [0.2, 0.25) is 0 Å². The fourth-order valence-electron chi connectivity index (χ4n) is 3.20. The molecule has 1 heterocycles. The van der Waals surface area contributed by atoms with Gasteiger partial charge in [-0.15, -0.1) is 0 Å². The van der Waals surface area contributed by atoms with E-state index < -0.39 is 11.8 Å². The van der Waals surface area contributed by atoms with Gasteiger partial charge < -0.3 is 10.2 Å². The molecule has 2 aromatic rings. The van der Waals surface area contributed by atoms with Crippen LogP contribution in [-0.2, 0) is 16.0 Å². The maximum absolute atomic E-state index is 12.4. The maximum atomic E-state index is 12.4. The van der Waals surface area contributed by atoms with Gasteiger partial charge in [-0.25, -0.2) is 0 Å². The number of amides is 2. The molecule has 1 aliphatic rings. The first-order valence-electron chi connectivity index (χ1n) is 8.62. The highest BCUT2D eigenvalue weighted by atomic mass is 35.5. The normalized spacial score (nSPS) is 14.9. The lowest BCUT2D eigenvalue weighted by Crippen LogP contribution is -2.44. The van der Waals surface area contributed by atoms with Gasteiger partial charge in [-0.3, -0.25) is 9.59 Å². The number of hydrogen-bond donors (Lipinski definition) is 1. The van der Waals surface area contributed by atoms with Gasteiger partial charge in [0.05, 0.1) is 10.7 Å². The van der Waals surface area contributed by atoms with E-state index in [2.05, 4.69) is 17.4 Å². The lowest BCUT2D eigenvalue weighted by atomic mass is 9.90. The number of piperidine rings is 1. The lowest BCUT2D eigenvalue weighted by molar-refractivity contribution is -0.144. The van der Waals surface area contributed by atoms with Crippen molar-refractivity contribution in [3.63, 3.8) is 0 Å². The summed E-state index contributed by atoms with van der Waals surface area (Å²) >= 11 is 11.9. The van der Waals surface area contributed by atoms with Crippen molar-refractivity contribution in [3.05, 3.63) is 64.1 Å². The van der Waals surface area contributed by atoms with Crippen LogP contribution >= 0.6 is 23.2 Å². The average Bonchev–Trinajstić information content (AvgIpc) is 2.65. The predicted octanol–water partition coefficient (Wildman–Crippen LogP) is 4.41. The number of benzene rings is 2. The Morgan fingerprint density at radius 1 is 1.04 bits per heavy atom. The van der Waals surface area contributed by atoms with Crippen LogP contribution in [0.25, 0.3) is 0 Å². The minimum Gasteiger partial charge on any atom is -0.334 e. The number of carbonyl (C=O) groups excluding carboxylic acids is 2. The summed E-state index contributed by atoms with van der Waals surface area (Å²) in [6.07, 6.45) is 2.81. The Hall–Kier alpha value is -2.04. The number of halogens is 2. The van der Waals surface area contributed by atoms with Gasteiger partial charge in [0, 0.05) is 18.1 Å². The molecule has 6 heteroatoms. The van der Waals surface area contributed by atoms with Crippen LogP contribution in [0.2, 0.25) is 10.0 Å². The van der Waals surface area contributed by atoms with Crippen molar-refractivity contribution in [2.45, 2.75) is 19.3 Å². The van der Waals surface area contributed by atoms with Crippen molar-refractivity contribution in [3.8, 4) is 0 Å². The van der Waals surface area contributed by atoms with Gasteiger partial charge in [0.15, 0.2) is 0 Å². The SMILES string of the molecule is O=C(Nc1ccc(Cl)cc1Cl)C(=O)N1CCC(Cc2ccccc2)CC1. The molecule has 1 N–H and O–H groups in total. The highest BCUT2D eigenvalue weighted by Gasteiger charge is 2.27.